The molecule has 1 amide bonds. The molecule has 0 bridgehead atoms. The van der Waals surface area contributed by atoms with Crippen molar-refractivity contribution in [3.63, 3.8) is 0 Å². The number of hydrogen-bond acceptors (Lipinski definition) is 4. The van der Waals surface area contributed by atoms with Gasteiger partial charge in [0, 0.05) is 49.9 Å². The minimum absolute atomic E-state index is 0.119. The SMILES string of the molecule is COCCCNC(=O)C(C)S(=O)CC1CNC1. The van der Waals surface area contributed by atoms with Crippen molar-refractivity contribution in [2.24, 2.45) is 5.92 Å². The van der Waals surface area contributed by atoms with Crippen LogP contribution >= 0.6 is 0 Å². The first-order valence-corrected chi connectivity index (χ1v) is 7.38. The van der Waals surface area contributed by atoms with E-state index in [9.17, 15) is 9.00 Å². The normalized spacial score (nSPS) is 19.4. The Bertz CT molecular complexity index is 269. The number of carbonyl (C=O) groups excluding carboxylic acids is 1. The summed E-state index contributed by atoms with van der Waals surface area (Å²) in [6.07, 6.45) is 0.786. The van der Waals surface area contributed by atoms with Gasteiger partial charge in [-0.05, 0) is 19.3 Å². The van der Waals surface area contributed by atoms with Gasteiger partial charge < -0.3 is 15.4 Å². The van der Waals surface area contributed by atoms with Crippen LogP contribution in [-0.4, -0.2) is 54.5 Å². The maximum atomic E-state index is 11.9. The molecule has 100 valence electrons. The van der Waals surface area contributed by atoms with E-state index in [-0.39, 0.29) is 5.91 Å². The molecule has 5 nitrogen and oxygen atoms in total. The molecule has 2 unspecified atom stereocenters. The fourth-order valence-electron chi connectivity index (χ4n) is 1.53. The van der Waals surface area contributed by atoms with Gasteiger partial charge in [-0.2, -0.15) is 0 Å². The van der Waals surface area contributed by atoms with Gasteiger partial charge in [0.15, 0.2) is 0 Å². The largest absolute Gasteiger partial charge is 0.385 e. The molecular formula is C11H22N2O3S. The molecule has 0 radical (unpaired) electrons. The van der Waals surface area contributed by atoms with Gasteiger partial charge in [-0.15, -0.1) is 0 Å². The Hall–Kier alpha value is -0.460. The third kappa shape index (κ3) is 5.14. The molecule has 0 spiro atoms. The maximum absolute atomic E-state index is 11.9. The second kappa shape index (κ2) is 7.79. The van der Waals surface area contributed by atoms with Crippen LogP contribution in [0.25, 0.3) is 0 Å². The lowest BCUT2D eigenvalue weighted by atomic mass is 10.1. The molecule has 0 aromatic carbocycles. The Kier molecular flexibility index (Phi) is 6.69. The fraction of sp³-hybridized carbons (Fsp3) is 0.909. The Morgan fingerprint density at radius 2 is 2.29 bits per heavy atom. The van der Waals surface area contributed by atoms with E-state index in [0.29, 0.717) is 24.8 Å². The molecule has 1 rings (SSSR count). The molecule has 17 heavy (non-hydrogen) atoms. The van der Waals surface area contributed by atoms with E-state index in [1.807, 2.05) is 0 Å². The molecule has 1 fully saturated rings. The molecule has 2 atom stereocenters. The van der Waals surface area contributed by atoms with E-state index in [1.54, 1.807) is 14.0 Å². The molecule has 1 heterocycles. The molecule has 1 saturated heterocycles. The van der Waals surface area contributed by atoms with E-state index < -0.39 is 16.0 Å². The Morgan fingerprint density at radius 3 is 2.82 bits per heavy atom. The third-order valence-corrected chi connectivity index (χ3v) is 4.66. The molecular weight excluding hydrogens is 240 g/mol. The van der Waals surface area contributed by atoms with Crippen LogP contribution in [0.1, 0.15) is 13.3 Å². The van der Waals surface area contributed by atoms with Crippen LogP contribution in [0.4, 0.5) is 0 Å². The lowest BCUT2D eigenvalue weighted by molar-refractivity contribution is -0.120. The highest BCUT2D eigenvalue weighted by Gasteiger charge is 2.25. The van der Waals surface area contributed by atoms with Gasteiger partial charge in [0.25, 0.3) is 0 Å². The molecule has 0 aromatic heterocycles. The summed E-state index contributed by atoms with van der Waals surface area (Å²) in [7, 11) is 0.567. The number of ether oxygens (including phenoxy) is 1. The van der Waals surface area contributed by atoms with Crippen LogP contribution in [0.3, 0.4) is 0 Å². The van der Waals surface area contributed by atoms with Gasteiger partial charge in [-0.1, -0.05) is 0 Å². The number of amides is 1. The van der Waals surface area contributed by atoms with Gasteiger partial charge in [0.2, 0.25) is 5.91 Å². The van der Waals surface area contributed by atoms with E-state index in [1.165, 1.54) is 0 Å². The van der Waals surface area contributed by atoms with E-state index >= 15 is 0 Å². The van der Waals surface area contributed by atoms with Gasteiger partial charge >= 0.3 is 0 Å². The maximum Gasteiger partial charge on any atom is 0.235 e. The predicted octanol–water partition coefficient (Wildman–Crippen LogP) is -0.504. The zero-order chi connectivity index (χ0) is 12.7. The van der Waals surface area contributed by atoms with Gasteiger partial charge in [-0.3, -0.25) is 9.00 Å². The van der Waals surface area contributed by atoms with Crippen molar-refractivity contribution in [2.45, 2.75) is 18.6 Å². The van der Waals surface area contributed by atoms with E-state index in [4.69, 9.17) is 4.74 Å². The number of nitrogens with one attached hydrogen (secondary N) is 2. The Balaban J connectivity index is 2.17. The lowest BCUT2D eigenvalue weighted by Crippen LogP contribution is -2.47. The summed E-state index contributed by atoms with van der Waals surface area (Å²) in [4.78, 5) is 11.7. The number of rotatable bonds is 8. The fourth-order valence-corrected chi connectivity index (χ4v) is 2.85. The topological polar surface area (TPSA) is 67.4 Å². The molecule has 1 aliphatic heterocycles. The van der Waals surface area contributed by atoms with Crippen molar-refractivity contribution in [3.8, 4) is 0 Å². The summed E-state index contributed by atoms with van der Waals surface area (Å²) in [5.41, 5.74) is 0. The van der Waals surface area contributed by atoms with Crippen molar-refractivity contribution in [1.29, 1.82) is 0 Å². The molecule has 2 N–H and O–H groups in total. The van der Waals surface area contributed by atoms with Gasteiger partial charge in [-0.25, -0.2) is 0 Å². The monoisotopic (exact) mass is 262 g/mol. The number of carbonyl (C=O) groups is 1. The summed E-state index contributed by atoms with van der Waals surface area (Å²) < 4.78 is 16.8. The minimum atomic E-state index is -1.06. The van der Waals surface area contributed by atoms with Crippen LogP contribution < -0.4 is 10.6 Å². The van der Waals surface area contributed by atoms with Crippen LogP contribution in [0.15, 0.2) is 0 Å². The zero-order valence-electron chi connectivity index (χ0n) is 10.5. The number of methoxy groups -OCH3 is 1. The average molecular weight is 262 g/mol. The summed E-state index contributed by atoms with van der Waals surface area (Å²) in [6, 6.07) is 0. The molecule has 0 aromatic rings. The van der Waals surface area contributed by atoms with Crippen molar-refractivity contribution in [1.82, 2.24) is 10.6 Å². The van der Waals surface area contributed by atoms with Crippen molar-refractivity contribution in [3.05, 3.63) is 0 Å². The summed E-state index contributed by atoms with van der Waals surface area (Å²) >= 11 is 0. The van der Waals surface area contributed by atoms with Crippen LogP contribution in [0, 0.1) is 5.92 Å². The first-order chi connectivity index (χ1) is 8.15. The predicted molar refractivity (Wildman–Crippen MR) is 68.3 cm³/mol. The van der Waals surface area contributed by atoms with Crippen LogP contribution in [0.5, 0.6) is 0 Å². The summed E-state index contributed by atoms with van der Waals surface area (Å²) in [6.45, 7) is 4.79. The van der Waals surface area contributed by atoms with E-state index in [0.717, 1.165) is 19.5 Å². The standard InChI is InChI=1S/C11H22N2O3S/c1-9(11(14)13-4-3-5-16-2)17(15)8-10-6-12-7-10/h9-10,12H,3-8H2,1-2H3,(H,13,14). The zero-order valence-corrected chi connectivity index (χ0v) is 11.3. The summed E-state index contributed by atoms with van der Waals surface area (Å²) in [5, 5.41) is 5.50. The highest BCUT2D eigenvalue weighted by molar-refractivity contribution is 7.86. The minimum Gasteiger partial charge on any atom is -0.385 e. The average Bonchev–Trinajstić information content (AvgIpc) is 2.27. The highest BCUT2D eigenvalue weighted by Crippen LogP contribution is 2.08. The molecule has 0 saturated carbocycles. The first kappa shape index (κ1) is 14.6. The second-order valence-corrected chi connectivity index (χ2v) is 6.15. The Morgan fingerprint density at radius 1 is 1.59 bits per heavy atom. The van der Waals surface area contributed by atoms with Crippen LogP contribution in [-0.2, 0) is 20.3 Å². The van der Waals surface area contributed by atoms with Gasteiger partial charge in [0.1, 0.15) is 5.25 Å². The second-order valence-electron chi connectivity index (χ2n) is 4.35. The molecule has 1 aliphatic rings. The van der Waals surface area contributed by atoms with Crippen LogP contribution in [0.2, 0.25) is 0 Å². The summed E-state index contributed by atoms with van der Waals surface area (Å²) in [5.74, 6) is 0.978. The highest BCUT2D eigenvalue weighted by atomic mass is 32.2. The van der Waals surface area contributed by atoms with E-state index in [2.05, 4.69) is 10.6 Å². The first-order valence-electron chi connectivity index (χ1n) is 5.99. The smallest absolute Gasteiger partial charge is 0.235 e. The number of hydrogen-bond donors (Lipinski definition) is 2. The van der Waals surface area contributed by atoms with Crippen molar-refractivity contribution >= 4 is 16.7 Å². The quantitative estimate of drug-likeness (QED) is 0.579. The molecule has 0 aliphatic carbocycles. The van der Waals surface area contributed by atoms with Gasteiger partial charge in [0.05, 0.1) is 0 Å². The van der Waals surface area contributed by atoms with Crippen molar-refractivity contribution in [2.75, 3.05) is 39.1 Å². The lowest BCUT2D eigenvalue weighted by Gasteiger charge is -2.27. The molecule has 6 heteroatoms. The third-order valence-electron chi connectivity index (χ3n) is 2.85. The van der Waals surface area contributed by atoms with Crippen molar-refractivity contribution < 1.29 is 13.7 Å². The Labute approximate surface area is 105 Å².